The molecular weight excluding hydrogens is 230 g/mol. The van der Waals surface area contributed by atoms with Gasteiger partial charge in [0.1, 0.15) is 5.75 Å². The number of carbonyl (C=O) groups is 1. The molecule has 1 heterocycles. The highest BCUT2D eigenvalue weighted by Crippen LogP contribution is 2.23. The van der Waals surface area contributed by atoms with E-state index < -0.39 is 11.6 Å². The van der Waals surface area contributed by atoms with E-state index in [1.165, 1.54) is 13.8 Å². The molecule has 2 aromatic rings. The number of fused-ring (bicyclic) bond motifs is 1. The van der Waals surface area contributed by atoms with Gasteiger partial charge in [-0.05, 0) is 39.0 Å². The van der Waals surface area contributed by atoms with Gasteiger partial charge in [-0.1, -0.05) is 6.07 Å². The SMILES string of the molecule is Cc1ccc2ccc(OC(C)(C)C(=O)O)cc2n1. The van der Waals surface area contributed by atoms with Crippen molar-refractivity contribution in [2.24, 2.45) is 0 Å². The number of pyridine rings is 1. The van der Waals surface area contributed by atoms with Gasteiger partial charge in [0, 0.05) is 17.1 Å². The minimum atomic E-state index is -1.25. The van der Waals surface area contributed by atoms with Gasteiger partial charge in [-0.2, -0.15) is 0 Å². The number of aromatic nitrogens is 1. The van der Waals surface area contributed by atoms with Crippen molar-refractivity contribution in [2.45, 2.75) is 26.4 Å². The largest absolute Gasteiger partial charge is 0.478 e. The van der Waals surface area contributed by atoms with E-state index in [1.54, 1.807) is 12.1 Å². The monoisotopic (exact) mass is 245 g/mol. The first-order chi connectivity index (χ1) is 8.38. The summed E-state index contributed by atoms with van der Waals surface area (Å²) in [6, 6.07) is 9.29. The Morgan fingerprint density at radius 2 is 1.94 bits per heavy atom. The Labute approximate surface area is 105 Å². The van der Waals surface area contributed by atoms with Gasteiger partial charge >= 0.3 is 5.97 Å². The van der Waals surface area contributed by atoms with Crippen LogP contribution in [0.2, 0.25) is 0 Å². The molecule has 0 saturated heterocycles. The number of nitrogens with zero attached hydrogens (tertiary/aromatic N) is 1. The highest BCUT2D eigenvalue weighted by Gasteiger charge is 2.29. The number of ether oxygens (including phenoxy) is 1. The van der Waals surface area contributed by atoms with E-state index in [0.29, 0.717) is 5.75 Å². The first-order valence-corrected chi connectivity index (χ1v) is 5.68. The van der Waals surface area contributed by atoms with Gasteiger partial charge < -0.3 is 9.84 Å². The Hall–Kier alpha value is -2.10. The molecule has 0 unspecified atom stereocenters. The van der Waals surface area contributed by atoms with Crippen molar-refractivity contribution in [1.29, 1.82) is 0 Å². The second-order valence-electron chi connectivity index (χ2n) is 4.72. The van der Waals surface area contributed by atoms with E-state index in [-0.39, 0.29) is 0 Å². The summed E-state index contributed by atoms with van der Waals surface area (Å²) in [7, 11) is 0. The van der Waals surface area contributed by atoms with Crippen molar-refractivity contribution >= 4 is 16.9 Å². The molecule has 0 amide bonds. The molecule has 0 spiro atoms. The van der Waals surface area contributed by atoms with E-state index in [9.17, 15) is 4.79 Å². The Kier molecular flexibility index (Phi) is 2.95. The van der Waals surface area contributed by atoms with Crippen LogP contribution in [0, 0.1) is 6.92 Å². The van der Waals surface area contributed by atoms with Crippen LogP contribution in [0.4, 0.5) is 0 Å². The molecule has 1 N–H and O–H groups in total. The number of benzene rings is 1. The number of rotatable bonds is 3. The molecule has 0 atom stereocenters. The third kappa shape index (κ3) is 2.42. The van der Waals surface area contributed by atoms with Crippen LogP contribution < -0.4 is 4.74 Å². The Morgan fingerprint density at radius 1 is 1.28 bits per heavy atom. The lowest BCUT2D eigenvalue weighted by Crippen LogP contribution is -2.37. The third-order valence-corrected chi connectivity index (χ3v) is 2.69. The summed E-state index contributed by atoms with van der Waals surface area (Å²) in [4.78, 5) is 15.4. The molecule has 0 aliphatic heterocycles. The molecule has 18 heavy (non-hydrogen) atoms. The van der Waals surface area contributed by atoms with Crippen LogP contribution in [0.1, 0.15) is 19.5 Å². The smallest absolute Gasteiger partial charge is 0.347 e. The zero-order chi connectivity index (χ0) is 13.3. The molecule has 0 radical (unpaired) electrons. The second-order valence-corrected chi connectivity index (χ2v) is 4.72. The molecule has 0 aliphatic rings. The first-order valence-electron chi connectivity index (χ1n) is 5.68. The van der Waals surface area contributed by atoms with Gasteiger partial charge in [-0.15, -0.1) is 0 Å². The summed E-state index contributed by atoms with van der Waals surface area (Å²) in [5.41, 5.74) is 0.461. The fraction of sp³-hybridized carbons (Fsp3) is 0.286. The van der Waals surface area contributed by atoms with Crippen LogP contribution in [0.15, 0.2) is 30.3 Å². The second kappa shape index (κ2) is 4.29. The Morgan fingerprint density at radius 3 is 2.61 bits per heavy atom. The minimum Gasteiger partial charge on any atom is -0.478 e. The van der Waals surface area contributed by atoms with Crippen molar-refractivity contribution in [3.63, 3.8) is 0 Å². The molecule has 0 saturated carbocycles. The van der Waals surface area contributed by atoms with E-state index in [0.717, 1.165) is 16.6 Å². The molecule has 0 aliphatic carbocycles. The Bertz CT molecular complexity index is 605. The predicted molar refractivity (Wildman–Crippen MR) is 68.8 cm³/mol. The number of aryl methyl sites for hydroxylation is 1. The molecular formula is C14H15NO3. The first kappa shape index (κ1) is 12.4. The minimum absolute atomic E-state index is 0.507. The maximum absolute atomic E-state index is 11.0. The lowest BCUT2D eigenvalue weighted by molar-refractivity contribution is -0.152. The van der Waals surface area contributed by atoms with E-state index >= 15 is 0 Å². The van der Waals surface area contributed by atoms with Crippen molar-refractivity contribution in [1.82, 2.24) is 4.98 Å². The van der Waals surface area contributed by atoms with Gasteiger partial charge in [0.25, 0.3) is 0 Å². The van der Waals surface area contributed by atoms with Crippen LogP contribution in [0.5, 0.6) is 5.75 Å². The van der Waals surface area contributed by atoms with Crippen LogP contribution in [-0.4, -0.2) is 21.7 Å². The predicted octanol–water partition coefficient (Wildman–Crippen LogP) is 2.79. The molecule has 0 bridgehead atoms. The van der Waals surface area contributed by atoms with Crippen molar-refractivity contribution in [2.75, 3.05) is 0 Å². The maximum Gasteiger partial charge on any atom is 0.347 e. The van der Waals surface area contributed by atoms with E-state index in [2.05, 4.69) is 4.98 Å². The number of hydrogen-bond acceptors (Lipinski definition) is 3. The van der Waals surface area contributed by atoms with Gasteiger partial charge in [0.05, 0.1) is 5.52 Å². The molecule has 4 heteroatoms. The summed E-state index contributed by atoms with van der Waals surface area (Å²) < 4.78 is 5.47. The summed E-state index contributed by atoms with van der Waals surface area (Å²) in [5.74, 6) is -0.493. The number of carboxylic acid groups (broad SMARTS) is 1. The summed E-state index contributed by atoms with van der Waals surface area (Å²) >= 11 is 0. The lowest BCUT2D eigenvalue weighted by Gasteiger charge is -2.21. The van der Waals surface area contributed by atoms with Gasteiger partial charge in [0.15, 0.2) is 5.60 Å². The van der Waals surface area contributed by atoms with Crippen molar-refractivity contribution in [3.8, 4) is 5.75 Å². The van der Waals surface area contributed by atoms with Crippen LogP contribution in [-0.2, 0) is 4.79 Å². The van der Waals surface area contributed by atoms with Crippen LogP contribution >= 0.6 is 0 Å². The number of carboxylic acids is 1. The Balaban J connectivity index is 2.38. The summed E-state index contributed by atoms with van der Waals surface area (Å²) in [6.07, 6.45) is 0. The van der Waals surface area contributed by atoms with Crippen LogP contribution in [0.3, 0.4) is 0 Å². The molecule has 4 nitrogen and oxygen atoms in total. The van der Waals surface area contributed by atoms with E-state index in [1.807, 2.05) is 25.1 Å². The zero-order valence-electron chi connectivity index (χ0n) is 10.6. The number of hydrogen-bond donors (Lipinski definition) is 1. The van der Waals surface area contributed by atoms with E-state index in [4.69, 9.17) is 9.84 Å². The maximum atomic E-state index is 11.0. The van der Waals surface area contributed by atoms with Gasteiger partial charge in [-0.3, -0.25) is 4.98 Å². The fourth-order valence-corrected chi connectivity index (χ4v) is 1.60. The quantitative estimate of drug-likeness (QED) is 0.903. The van der Waals surface area contributed by atoms with Crippen molar-refractivity contribution < 1.29 is 14.6 Å². The zero-order valence-corrected chi connectivity index (χ0v) is 10.6. The standard InChI is InChI=1S/C14H15NO3/c1-9-4-5-10-6-7-11(8-12(10)15-9)18-14(2,3)13(16)17/h4-8H,1-3H3,(H,16,17). The lowest BCUT2D eigenvalue weighted by atomic mass is 10.1. The van der Waals surface area contributed by atoms with Crippen molar-refractivity contribution in [3.05, 3.63) is 36.0 Å². The fourth-order valence-electron chi connectivity index (χ4n) is 1.60. The molecule has 0 fully saturated rings. The average molecular weight is 245 g/mol. The third-order valence-electron chi connectivity index (χ3n) is 2.69. The summed E-state index contributed by atoms with van der Waals surface area (Å²) in [6.45, 7) is 4.95. The molecule has 2 rings (SSSR count). The molecule has 1 aromatic heterocycles. The molecule has 94 valence electrons. The normalized spacial score (nSPS) is 11.5. The van der Waals surface area contributed by atoms with Gasteiger partial charge in [-0.25, -0.2) is 4.79 Å². The highest BCUT2D eigenvalue weighted by molar-refractivity contribution is 5.81. The molecule has 1 aromatic carbocycles. The van der Waals surface area contributed by atoms with Gasteiger partial charge in [0.2, 0.25) is 0 Å². The summed E-state index contributed by atoms with van der Waals surface area (Å²) in [5, 5.41) is 10.0. The van der Waals surface area contributed by atoms with Crippen LogP contribution in [0.25, 0.3) is 10.9 Å². The highest BCUT2D eigenvalue weighted by atomic mass is 16.5. The topological polar surface area (TPSA) is 59.4 Å². The number of aliphatic carboxylic acids is 1. The average Bonchev–Trinajstić information content (AvgIpc) is 2.27.